The van der Waals surface area contributed by atoms with Gasteiger partial charge in [0.05, 0.1) is 42.4 Å². The first-order chi connectivity index (χ1) is 16.8. The molecule has 1 N–H and O–H groups in total. The van der Waals surface area contributed by atoms with Crippen molar-refractivity contribution in [1.82, 2.24) is 5.32 Å². The van der Waals surface area contributed by atoms with Crippen LogP contribution in [0.1, 0.15) is 24.0 Å². The summed E-state index contributed by atoms with van der Waals surface area (Å²) in [6.07, 6.45) is 0.484. The van der Waals surface area contributed by atoms with Crippen molar-refractivity contribution in [2.24, 2.45) is 0 Å². The van der Waals surface area contributed by atoms with E-state index in [1.54, 1.807) is 32.0 Å². The van der Waals surface area contributed by atoms with Crippen LogP contribution in [0.5, 0.6) is 0 Å². The molecular weight excluding hydrogens is 450 g/mol. The highest BCUT2D eigenvalue weighted by Crippen LogP contribution is 2.42. The van der Waals surface area contributed by atoms with Crippen LogP contribution in [0.3, 0.4) is 0 Å². The molecule has 3 aromatic rings. The smallest absolute Gasteiger partial charge is 0.336 e. The first kappa shape index (κ1) is 23.7. The van der Waals surface area contributed by atoms with Crippen LogP contribution < -0.4 is 10.7 Å². The zero-order valence-electron chi connectivity index (χ0n) is 19.6. The van der Waals surface area contributed by atoms with Crippen molar-refractivity contribution in [3.05, 3.63) is 92.4 Å². The first-order valence-corrected chi connectivity index (χ1v) is 10.8. The van der Waals surface area contributed by atoms with E-state index in [1.807, 2.05) is 30.3 Å². The van der Waals surface area contributed by atoms with Crippen LogP contribution in [0.2, 0.25) is 0 Å². The van der Waals surface area contributed by atoms with Crippen LogP contribution in [-0.2, 0) is 23.9 Å². The summed E-state index contributed by atoms with van der Waals surface area (Å²) in [4.78, 5) is 51.0. The van der Waals surface area contributed by atoms with E-state index in [1.165, 1.54) is 14.2 Å². The van der Waals surface area contributed by atoms with Gasteiger partial charge in [-0.3, -0.25) is 9.59 Å². The molecule has 2 aromatic carbocycles. The number of esters is 2. The molecule has 0 radical (unpaired) electrons. The van der Waals surface area contributed by atoms with E-state index in [4.69, 9.17) is 13.9 Å². The molecule has 0 amide bonds. The molecule has 178 valence electrons. The summed E-state index contributed by atoms with van der Waals surface area (Å²) in [7, 11) is 2.40. The van der Waals surface area contributed by atoms with Crippen LogP contribution in [-0.4, -0.2) is 32.4 Å². The molecular formula is C27H23NO7. The molecule has 1 aliphatic heterocycles. The maximum Gasteiger partial charge on any atom is 0.336 e. The Balaban J connectivity index is 2.12. The normalized spacial score (nSPS) is 15.6. The number of aldehydes is 1. The largest absolute Gasteiger partial charge is 0.466 e. The first-order valence-electron chi connectivity index (χ1n) is 10.8. The predicted molar refractivity (Wildman–Crippen MR) is 128 cm³/mol. The number of carbonyl (C=O) groups excluding carboxylic acids is 3. The number of fused-ring (bicyclic) bond motifs is 1. The highest BCUT2D eigenvalue weighted by atomic mass is 16.5. The molecule has 1 aliphatic rings. The molecule has 8 nitrogen and oxygen atoms in total. The summed E-state index contributed by atoms with van der Waals surface area (Å²) in [6, 6.07) is 14.0. The maximum atomic E-state index is 13.3. The van der Waals surface area contributed by atoms with E-state index in [0.29, 0.717) is 34.4 Å². The number of rotatable bonds is 5. The lowest BCUT2D eigenvalue weighted by atomic mass is 9.79. The van der Waals surface area contributed by atoms with E-state index in [0.717, 1.165) is 0 Å². The Labute approximate surface area is 200 Å². The third-order valence-corrected chi connectivity index (χ3v) is 6.04. The quantitative estimate of drug-likeness (QED) is 0.443. The molecule has 35 heavy (non-hydrogen) atoms. The number of para-hydroxylation sites is 1. The Bertz CT molecular complexity index is 1480. The van der Waals surface area contributed by atoms with Crippen molar-refractivity contribution in [2.45, 2.75) is 19.8 Å². The molecule has 8 heteroatoms. The summed E-state index contributed by atoms with van der Waals surface area (Å²) in [5, 5.41) is 3.07. The molecule has 0 saturated heterocycles. The summed E-state index contributed by atoms with van der Waals surface area (Å²) in [6.45, 7) is 3.27. The minimum atomic E-state index is -1.09. The van der Waals surface area contributed by atoms with E-state index in [2.05, 4.69) is 5.32 Å². The van der Waals surface area contributed by atoms with Gasteiger partial charge in [-0.05, 0) is 19.9 Å². The molecule has 0 saturated carbocycles. The topological polar surface area (TPSA) is 112 Å². The van der Waals surface area contributed by atoms with Crippen LogP contribution in [0.15, 0.2) is 80.3 Å². The number of hydrogen-bond acceptors (Lipinski definition) is 8. The second-order valence-electron chi connectivity index (χ2n) is 8.00. The van der Waals surface area contributed by atoms with Gasteiger partial charge in [-0.25, -0.2) is 9.59 Å². The average molecular weight is 473 g/mol. The molecule has 2 heterocycles. The second kappa shape index (κ2) is 9.42. The zero-order valence-corrected chi connectivity index (χ0v) is 19.6. The second-order valence-corrected chi connectivity index (χ2v) is 8.00. The molecule has 0 aliphatic carbocycles. The summed E-state index contributed by atoms with van der Waals surface area (Å²) in [5.74, 6) is -2.24. The molecule has 1 aromatic heterocycles. The van der Waals surface area contributed by atoms with Gasteiger partial charge in [0.15, 0.2) is 11.7 Å². The van der Waals surface area contributed by atoms with Crippen molar-refractivity contribution in [3.63, 3.8) is 0 Å². The van der Waals surface area contributed by atoms with Gasteiger partial charge >= 0.3 is 11.9 Å². The standard InChI is InChI=1S/C27H23NO7/c1-14-23(30)18-12-8-11-17(25(18)35-24(14)16-9-6-5-7-10-16)21-20(26(31)33-3)15(2)28-19(13-29)22(21)27(32)34-4/h5-13,21,28H,1-4H3. The molecule has 1 unspecified atom stereocenters. The molecule has 4 rings (SSSR count). The fourth-order valence-corrected chi connectivity index (χ4v) is 4.40. The third-order valence-electron chi connectivity index (χ3n) is 6.04. The van der Waals surface area contributed by atoms with Gasteiger partial charge in [0, 0.05) is 22.4 Å². The van der Waals surface area contributed by atoms with Crippen molar-refractivity contribution in [1.29, 1.82) is 0 Å². The Morgan fingerprint density at radius 2 is 1.60 bits per heavy atom. The van der Waals surface area contributed by atoms with Gasteiger partial charge in [-0.2, -0.15) is 0 Å². The van der Waals surface area contributed by atoms with Crippen molar-refractivity contribution < 1.29 is 28.3 Å². The maximum absolute atomic E-state index is 13.3. The minimum Gasteiger partial charge on any atom is -0.466 e. The third kappa shape index (κ3) is 3.93. The Morgan fingerprint density at radius 1 is 0.943 bits per heavy atom. The van der Waals surface area contributed by atoms with E-state index in [9.17, 15) is 19.2 Å². The van der Waals surface area contributed by atoms with Gasteiger partial charge in [-0.1, -0.05) is 42.5 Å². The highest BCUT2D eigenvalue weighted by molar-refractivity contribution is 6.04. The van der Waals surface area contributed by atoms with Gasteiger partial charge in [-0.15, -0.1) is 0 Å². The van der Waals surface area contributed by atoms with Gasteiger partial charge < -0.3 is 19.2 Å². The summed E-state index contributed by atoms with van der Waals surface area (Å²) in [5.41, 5.74) is 1.67. The number of carbonyl (C=O) groups is 3. The van der Waals surface area contributed by atoms with Crippen molar-refractivity contribution in [2.75, 3.05) is 14.2 Å². The predicted octanol–water partition coefficient (Wildman–Crippen LogP) is 3.53. The number of ether oxygens (including phenoxy) is 2. The van der Waals surface area contributed by atoms with Crippen LogP contribution in [0.25, 0.3) is 22.3 Å². The fourth-order valence-electron chi connectivity index (χ4n) is 4.40. The van der Waals surface area contributed by atoms with Crippen LogP contribution in [0.4, 0.5) is 0 Å². The Hall–Kier alpha value is -4.46. The summed E-state index contributed by atoms with van der Waals surface area (Å²) < 4.78 is 16.3. The average Bonchev–Trinajstić information content (AvgIpc) is 2.89. The van der Waals surface area contributed by atoms with Gasteiger partial charge in [0.25, 0.3) is 0 Å². The lowest BCUT2D eigenvalue weighted by Gasteiger charge is -2.29. The van der Waals surface area contributed by atoms with E-state index in [-0.39, 0.29) is 33.2 Å². The van der Waals surface area contributed by atoms with Crippen LogP contribution >= 0.6 is 0 Å². The molecule has 1 atom stereocenters. The van der Waals surface area contributed by atoms with Crippen molar-refractivity contribution in [3.8, 4) is 11.3 Å². The number of allylic oxidation sites excluding steroid dienone is 2. The van der Waals surface area contributed by atoms with E-state index >= 15 is 0 Å². The Morgan fingerprint density at radius 3 is 2.23 bits per heavy atom. The minimum absolute atomic E-state index is 0.0539. The number of nitrogens with one attached hydrogen (secondary N) is 1. The molecule has 0 spiro atoms. The molecule has 0 bridgehead atoms. The number of hydrogen-bond donors (Lipinski definition) is 1. The monoisotopic (exact) mass is 473 g/mol. The SMILES string of the molecule is COC(=O)C1=C(C)NC(C=O)=C(C(=O)OC)C1c1cccc2c(=O)c(C)c(-c3ccccc3)oc12. The number of dihydropyridines is 1. The number of methoxy groups -OCH3 is 2. The number of benzene rings is 2. The van der Waals surface area contributed by atoms with Gasteiger partial charge in [0.2, 0.25) is 0 Å². The summed E-state index contributed by atoms with van der Waals surface area (Å²) >= 11 is 0. The van der Waals surface area contributed by atoms with E-state index < -0.39 is 17.9 Å². The van der Waals surface area contributed by atoms with Crippen LogP contribution in [0, 0.1) is 6.92 Å². The van der Waals surface area contributed by atoms with Gasteiger partial charge in [0.1, 0.15) is 11.3 Å². The lowest BCUT2D eigenvalue weighted by molar-refractivity contribution is -0.137. The zero-order chi connectivity index (χ0) is 25.3. The lowest BCUT2D eigenvalue weighted by Crippen LogP contribution is -2.33. The fraction of sp³-hybridized carbons (Fsp3) is 0.185. The Kier molecular flexibility index (Phi) is 6.38. The highest BCUT2D eigenvalue weighted by Gasteiger charge is 2.40. The van der Waals surface area contributed by atoms with Crippen molar-refractivity contribution >= 4 is 29.2 Å². The molecule has 0 fully saturated rings.